The zero-order chi connectivity index (χ0) is 25.1. The lowest BCUT2D eigenvalue weighted by Gasteiger charge is -2.15. The van der Waals surface area contributed by atoms with Gasteiger partial charge in [-0.1, -0.05) is 77.0 Å². The summed E-state index contributed by atoms with van der Waals surface area (Å²) in [5.74, 6) is -0.0964. The van der Waals surface area contributed by atoms with Crippen LogP contribution in [0.2, 0.25) is 15.1 Å². The number of carbonyl (C=O) groups is 2. The molecule has 1 aliphatic heterocycles. The summed E-state index contributed by atoms with van der Waals surface area (Å²) in [4.78, 5) is 27.2. The van der Waals surface area contributed by atoms with Crippen molar-refractivity contribution in [1.29, 1.82) is 0 Å². The minimum Gasteiger partial charge on any atom is -0.484 e. The first-order chi connectivity index (χ1) is 16.7. The van der Waals surface area contributed by atoms with Crippen molar-refractivity contribution in [3.8, 4) is 5.75 Å². The van der Waals surface area contributed by atoms with Crippen LogP contribution in [0.15, 0.2) is 65.6 Å². The molecule has 0 radical (unpaired) electrons. The summed E-state index contributed by atoms with van der Waals surface area (Å²) >= 11 is 24.8. The number of amides is 2. The van der Waals surface area contributed by atoms with E-state index in [2.05, 4.69) is 5.32 Å². The van der Waals surface area contributed by atoms with Gasteiger partial charge in [0.2, 0.25) is 0 Å². The molecule has 178 valence electrons. The van der Waals surface area contributed by atoms with Crippen LogP contribution in [0.4, 0.5) is 11.4 Å². The third-order valence-electron chi connectivity index (χ3n) is 5.02. The van der Waals surface area contributed by atoms with Gasteiger partial charge in [-0.15, -0.1) is 0 Å². The predicted molar refractivity (Wildman–Crippen MR) is 149 cm³/mol. The highest BCUT2D eigenvalue weighted by Gasteiger charge is 2.33. The number of benzene rings is 3. The maximum atomic E-state index is 13.0. The molecule has 0 aromatic heterocycles. The Hall–Kier alpha value is -2.55. The number of carbonyl (C=O) groups excluding carboxylic acids is 2. The van der Waals surface area contributed by atoms with Gasteiger partial charge in [0.05, 0.1) is 20.6 Å². The number of rotatable bonds is 6. The Morgan fingerprint density at radius 1 is 1.06 bits per heavy atom. The van der Waals surface area contributed by atoms with Gasteiger partial charge in [0, 0.05) is 10.7 Å². The number of thiocarbonyl (C=S) groups is 1. The smallest absolute Gasteiger partial charge is 0.270 e. The molecule has 1 saturated heterocycles. The molecule has 3 aromatic rings. The molecule has 0 unspecified atom stereocenters. The van der Waals surface area contributed by atoms with Crippen molar-refractivity contribution in [1.82, 2.24) is 0 Å². The van der Waals surface area contributed by atoms with Crippen LogP contribution >= 0.6 is 58.8 Å². The number of hydrogen-bond acceptors (Lipinski definition) is 5. The number of hydrogen-bond donors (Lipinski definition) is 1. The van der Waals surface area contributed by atoms with Crippen LogP contribution in [0.5, 0.6) is 5.75 Å². The molecule has 35 heavy (non-hydrogen) atoms. The molecule has 3 aromatic carbocycles. The number of halogens is 3. The van der Waals surface area contributed by atoms with Crippen molar-refractivity contribution >= 4 is 92.4 Å². The van der Waals surface area contributed by atoms with E-state index < -0.39 is 0 Å². The highest BCUT2D eigenvalue weighted by atomic mass is 35.5. The Morgan fingerprint density at radius 2 is 1.83 bits per heavy atom. The summed E-state index contributed by atoms with van der Waals surface area (Å²) in [7, 11) is 0. The van der Waals surface area contributed by atoms with Crippen LogP contribution in [0.3, 0.4) is 0 Å². The summed E-state index contributed by atoms with van der Waals surface area (Å²) in [6.45, 7) is 1.64. The van der Waals surface area contributed by atoms with E-state index in [1.54, 1.807) is 60.7 Å². The van der Waals surface area contributed by atoms with Gasteiger partial charge in [-0.05, 0) is 66.6 Å². The molecule has 0 spiro atoms. The Labute approximate surface area is 227 Å². The molecule has 10 heteroatoms. The lowest BCUT2D eigenvalue weighted by Crippen LogP contribution is -2.27. The van der Waals surface area contributed by atoms with E-state index >= 15 is 0 Å². The van der Waals surface area contributed by atoms with Gasteiger partial charge in [-0.25, -0.2) is 0 Å². The quantitative estimate of drug-likeness (QED) is 0.250. The number of thioether (sulfide) groups is 1. The van der Waals surface area contributed by atoms with Gasteiger partial charge in [-0.3, -0.25) is 14.5 Å². The van der Waals surface area contributed by atoms with Crippen molar-refractivity contribution < 1.29 is 14.3 Å². The maximum absolute atomic E-state index is 13.0. The van der Waals surface area contributed by atoms with Crippen LogP contribution in [-0.4, -0.2) is 22.7 Å². The molecule has 1 N–H and O–H groups in total. The van der Waals surface area contributed by atoms with Crippen LogP contribution < -0.4 is 15.0 Å². The van der Waals surface area contributed by atoms with E-state index in [-0.39, 0.29) is 18.4 Å². The third kappa shape index (κ3) is 6.00. The van der Waals surface area contributed by atoms with Gasteiger partial charge in [0.15, 0.2) is 10.9 Å². The highest BCUT2D eigenvalue weighted by Crippen LogP contribution is 2.38. The largest absolute Gasteiger partial charge is 0.484 e. The second-order valence-corrected chi connectivity index (χ2v) is 10.3. The van der Waals surface area contributed by atoms with Gasteiger partial charge < -0.3 is 10.1 Å². The molecule has 2 amide bonds. The monoisotopic (exact) mass is 562 g/mol. The molecule has 0 bridgehead atoms. The molecule has 0 saturated carbocycles. The Balaban J connectivity index is 1.44. The fourth-order valence-electron chi connectivity index (χ4n) is 3.24. The fraction of sp³-hybridized carbons (Fsp3) is 0.0800. The molecule has 5 nitrogen and oxygen atoms in total. The first-order valence-corrected chi connectivity index (χ1v) is 12.6. The predicted octanol–water partition coefficient (Wildman–Crippen LogP) is 7.38. The molecule has 1 fully saturated rings. The van der Waals surface area contributed by atoms with Crippen LogP contribution in [-0.2, 0) is 9.59 Å². The summed E-state index contributed by atoms with van der Waals surface area (Å²) in [6, 6.07) is 17.3. The van der Waals surface area contributed by atoms with Crippen LogP contribution in [0.25, 0.3) is 6.08 Å². The van der Waals surface area contributed by atoms with E-state index in [0.29, 0.717) is 41.4 Å². The number of nitrogens with zero attached hydrogens (tertiary/aromatic N) is 1. The molecule has 0 aliphatic carbocycles. The van der Waals surface area contributed by atoms with Crippen molar-refractivity contribution in [2.45, 2.75) is 6.92 Å². The molecular formula is C25H17Cl3N2O3S2. The number of anilines is 2. The Morgan fingerprint density at radius 3 is 2.60 bits per heavy atom. The second kappa shape index (κ2) is 11.0. The summed E-state index contributed by atoms with van der Waals surface area (Å²) in [5.41, 5.74) is 2.68. The number of ether oxygens (including phenoxy) is 1. The fourth-order valence-corrected chi connectivity index (χ4v) is 5.00. The Bertz CT molecular complexity index is 1380. The van der Waals surface area contributed by atoms with Crippen molar-refractivity contribution in [2.75, 3.05) is 16.8 Å². The summed E-state index contributed by atoms with van der Waals surface area (Å²) in [6.07, 6.45) is 1.72. The van der Waals surface area contributed by atoms with E-state index in [1.807, 2.05) is 13.0 Å². The van der Waals surface area contributed by atoms with E-state index in [1.165, 1.54) is 16.7 Å². The zero-order valence-corrected chi connectivity index (χ0v) is 22.1. The van der Waals surface area contributed by atoms with E-state index in [0.717, 1.165) is 11.1 Å². The van der Waals surface area contributed by atoms with Crippen LogP contribution in [0.1, 0.15) is 11.1 Å². The molecule has 4 rings (SSSR count). The maximum Gasteiger partial charge on any atom is 0.270 e. The summed E-state index contributed by atoms with van der Waals surface area (Å²) < 4.78 is 6.04. The second-order valence-electron chi connectivity index (χ2n) is 7.44. The SMILES string of the molecule is Cc1c(Cl)cccc1NC(=O)COc1cccc(/C=C2\SC(=S)N(c3ccc(Cl)c(Cl)c3)C2=O)c1. The normalized spacial score (nSPS) is 14.5. The van der Waals surface area contributed by atoms with Gasteiger partial charge in [0.1, 0.15) is 5.75 Å². The lowest BCUT2D eigenvalue weighted by atomic mass is 10.2. The lowest BCUT2D eigenvalue weighted by molar-refractivity contribution is -0.118. The van der Waals surface area contributed by atoms with Crippen LogP contribution in [0, 0.1) is 6.92 Å². The topological polar surface area (TPSA) is 58.6 Å². The minimum absolute atomic E-state index is 0.186. The summed E-state index contributed by atoms with van der Waals surface area (Å²) in [5, 5.41) is 4.09. The Kier molecular flexibility index (Phi) is 8.04. The van der Waals surface area contributed by atoms with Gasteiger partial charge in [-0.2, -0.15) is 0 Å². The van der Waals surface area contributed by atoms with Crippen molar-refractivity contribution in [3.63, 3.8) is 0 Å². The number of nitrogens with one attached hydrogen (secondary N) is 1. The molecule has 1 heterocycles. The van der Waals surface area contributed by atoms with Crippen molar-refractivity contribution in [3.05, 3.63) is 91.8 Å². The van der Waals surface area contributed by atoms with E-state index in [4.69, 9.17) is 51.8 Å². The average molecular weight is 564 g/mol. The van der Waals surface area contributed by atoms with Gasteiger partial charge >= 0.3 is 0 Å². The average Bonchev–Trinajstić information content (AvgIpc) is 3.10. The van der Waals surface area contributed by atoms with E-state index in [9.17, 15) is 9.59 Å². The first kappa shape index (κ1) is 25.5. The highest BCUT2D eigenvalue weighted by molar-refractivity contribution is 8.27. The minimum atomic E-state index is -0.316. The molecule has 1 aliphatic rings. The first-order valence-electron chi connectivity index (χ1n) is 10.2. The molecule has 0 atom stereocenters. The molecular weight excluding hydrogens is 547 g/mol. The zero-order valence-electron chi connectivity index (χ0n) is 18.2. The van der Waals surface area contributed by atoms with Gasteiger partial charge in [0.25, 0.3) is 11.8 Å². The standard InChI is InChI=1S/C25H17Cl3N2O3S2/c1-14-18(26)6-3-7-21(14)29-23(31)13-33-17-5-2-4-15(10-17)11-22-24(32)30(25(34)35-22)16-8-9-19(27)20(28)12-16/h2-12H,13H2,1H3,(H,29,31)/b22-11-. The van der Waals surface area contributed by atoms with Crippen molar-refractivity contribution in [2.24, 2.45) is 0 Å². The third-order valence-corrected chi connectivity index (χ3v) is 7.47.